The van der Waals surface area contributed by atoms with Gasteiger partial charge < -0.3 is 15.6 Å². The molecule has 1 amide bonds. The van der Waals surface area contributed by atoms with Gasteiger partial charge in [-0.1, -0.05) is 19.8 Å². The van der Waals surface area contributed by atoms with E-state index in [9.17, 15) is 4.79 Å². The molecule has 0 bridgehead atoms. The van der Waals surface area contributed by atoms with Crippen molar-refractivity contribution in [3.63, 3.8) is 0 Å². The van der Waals surface area contributed by atoms with Crippen molar-refractivity contribution in [3.05, 3.63) is 22.4 Å². The fourth-order valence-corrected chi connectivity index (χ4v) is 2.45. The average Bonchev–Trinajstić information content (AvgIpc) is 2.76. The summed E-state index contributed by atoms with van der Waals surface area (Å²) in [7, 11) is 0. The van der Waals surface area contributed by atoms with Gasteiger partial charge in [0, 0.05) is 29.3 Å². The van der Waals surface area contributed by atoms with Crippen molar-refractivity contribution < 1.29 is 4.79 Å². The molecule has 6 heteroatoms. The molecule has 1 atom stereocenters. The van der Waals surface area contributed by atoms with E-state index in [0.29, 0.717) is 12.2 Å². The summed E-state index contributed by atoms with van der Waals surface area (Å²) in [5.41, 5.74) is 6.39. The Kier molecular flexibility index (Phi) is 9.18. The number of nitrogens with two attached hydrogens (primary N) is 1. The van der Waals surface area contributed by atoms with Crippen LogP contribution in [0.25, 0.3) is 0 Å². The van der Waals surface area contributed by atoms with Gasteiger partial charge in [-0.25, -0.2) is 0 Å². The lowest BCUT2D eigenvalue weighted by atomic mass is 10.1. The maximum absolute atomic E-state index is 12.3. The Balaban J connectivity index is 0.00000361. The highest BCUT2D eigenvalue weighted by molar-refractivity contribution is 9.10. The zero-order chi connectivity index (χ0) is 14.4. The van der Waals surface area contributed by atoms with Crippen LogP contribution in [0.2, 0.25) is 0 Å². The number of hydrogen-bond acceptors (Lipinski definition) is 2. The molecule has 20 heavy (non-hydrogen) atoms. The van der Waals surface area contributed by atoms with Gasteiger partial charge in [0.2, 0.25) is 0 Å². The summed E-state index contributed by atoms with van der Waals surface area (Å²) in [6.45, 7) is 6.73. The highest BCUT2D eigenvalue weighted by Gasteiger charge is 2.17. The highest BCUT2D eigenvalue weighted by atomic mass is 79.9. The van der Waals surface area contributed by atoms with Crippen LogP contribution in [0.5, 0.6) is 0 Å². The first kappa shape index (κ1) is 19.5. The Bertz CT molecular complexity index is 421. The Morgan fingerprint density at radius 3 is 2.65 bits per heavy atom. The molecule has 116 valence electrons. The van der Waals surface area contributed by atoms with Gasteiger partial charge in [0.25, 0.3) is 5.91 Å². The van der Waals surface area contributed by atoms with Gasteiger partial charge in [-0.15, -0.1) is 12.4 Å². The molecule has 1 aromatic rings. The summed E-state index contributed by atoms with van der Waals surface area (Å²) < 4.78 is 2.89. The second-order valence-corrected chi connectivity index (χ2v) is 6.01. The van der Waals surface area contributed by atoms with Crippen LogP contribution < -0.4 is 11.1 Å². The minimum Gasteiger partial charge on any atom is -0.347 e. The molecule has 1 rings (SSSR count). The lowest BCUT2D eigenvalue weighted by molar-refractivity contribution is 0.0925. The number of aromatic nitrogens is 1. The number of carbonyl (C=O) groups excluding carboxylic acids is 1. The molecule has 3 N–H and O–H groups in total. The van der Waals surface area contributed by atoms with Crippen molar-refractivity contribution in [3.8, 4) is 0 Å². The van der Waals surface area contributed by atoms with Crippen LogP contribution in [0.4, 0.5) is 0 Å². The third-order valence-electron chi connectivity index (χ3n) is 3.13. The number of nitrogens with one attached hydrogen (secondary N) is 1. The second-order valence-electron chi connectivity index (χ2n) is 5.09. The van der Waals surface area contributed by atoms with Gasteiger partial charge in [-0.2, -0.15) is 0 Å². The first-order valence-electron chi connectivity index (χ1n) is 6.87. The molecule has 0 saturated heterocycles. The zero-order valence-electron chi connectivity index (χ0n) is 12.4. The average molecular weight is 367 g/mol. The van der Waals surface area contributed by atoms with E-state index in [1.165, 1.54) is 0 Å². The van der Waals surface area contributed by atoms with Crippen molar-refractivity contribution in [1.82, 2.24) is 9.88 Å². The topological polar surface area (TPSA) is 60.0 Å². The van der Waals surface area contributed by atoms with E-state index < -0.39 is 0 Å². The molecule has 4 nitrogen and oxygen atoms in total. The summed E-state index contributed by atoms with van der Waals surface area (Å²) in [6, 6.07) is 2.16. The maximum Gasteiger partial charge on any atom is 0.268 e. The van der Waals surface area contributed by atoms with Gasteiger partial charge in [-0.3, -0.25) is 4.79 Å². The third-order valence-corrected chi connectivity index (χ3v) is 3.56. The highest BCUT2D eigenvalue weighted by Crippen LogP contribution is 2.19. The molecule has 1 aromatic heterocycles. The van der Waals surface area contributed by atoms with Gasteiger partial charge in [0.15, 0.2) is 0 Å². The zero-order valence-corrected chi connectivity index (χ0v) is 14.8. The number of hydrogen-bond donors (Lipinski definition) is 2. The summed E-state index contributed by atoms with van der Waals surface area (Å²) >= 11 is 3.42. The minimum atomic E-state index is -0.0500. The molecule has 0 spiro atoms. The number of nitrogens with zero attached hydrogens (tertiary/aromatic N) is 1. The van der Waals surface area contributed by atoms with E-state index in [1.54, 1.807) is 0 Å². The van der Waals surface area contributed by atoms with Crippen molar-refractivity contribution >= 4 is 34.2 Å². The summed E-state index contributed by atoms with van der Waals surface area (Å²) in [5.74, 6) is -0.0500. The fourth-order valence-electron chi connectivity index (χ4n) is 2.01. The number of unbranched alkanes of at least 4 members (excludes halogenated alkanes) is 1. The minimum absolute atomic E-state index is 0. The van der Waals surface area contributed by atoms with E-state index in [4.69, 9.17) is 5.73 Å². The van der Waals surface area contributed by atoms with Crippen molar-refractivity contribution in [1.29, 1.82) is 0 Å². The molecule has 0 aromatic carbocycles. The maximum atomic E-state index is 12.3. The van der Waals surface area contributed by atoms with E-state index in [1.807, 2.05) is 16.8 Å². The van der Waals surface area contributed by atoms with Crippen molar-refractivity contribution in [2.24, 2.45) is 5.73 Å². The fraction of sp³-hybridized carbons (Fsp3) is 0.643. The van der Waals surface area contributed by atoms with Crippen molar-refractivity contribution in [2.45, 2.75) is 52.1 Å². The van der Waals surface area contributed by atoms with Crippen LogP contribution in [0.15, 0.2) is 16.7 Å². The van der Waals surface area contributed by atoms with E-state index in [-0.39, 0.29) is 30.4 Å². The summed E-state index contributed by atoms with van der Waals surface area (Å²) in [4.78, 5) is 12.3. The summed E-state index contributed by atoms with van der Waals surface area (Å²) in [5, 5.41) is 3.02. The standard InChI is InChI=1S/C14H24BrN3O.ClH/c1-4-5-6-12(8-16)17-14(19)13-7-11(15)9-18(13)10(2)3;/h7,9-10,12H,4-6,8,16H2,1-3H3,(H,17,19);1H. The van der Waals surface area contributed by atoms with Crippen molar-refractivity contribution in [2.75, 3.05) is 6.54 Å². The van der Waals surface area contributed by atoms with E-state index in [0.717, 1.165) is 23.7 Å². The molecular weight excluding hydrogens is 342 g/mol. The van der Waals surface area contributed by atoms with Crippen LogP contribution in [-0.4, -0.2) is 23.1 Å². The van der Waals surface area contributed by atoms with Crippen LogP contribution in [-0.2, 0) is 0 Å². The van der Waals surface area contributed by atoms with Gasteiger partial charge in [0.1, 0.15) is 5.69 Å². The molecular formula is C14H25BrClN3O. The molecule has 0 radical (unpaired) electrons. The lowest BCUT2D eigenvalue weighted by Crippen LogP contribution is -2.40. The molecule has 0 aliphatic carbocycles. The Morgan fingerprint density at radius 2 is 2.15 bits per heavy atom. The molecule has 1 heterocycles. The second kappa shape index (κ2) is 9.42. The van der Waals surface area contributed by atoms with Crippen LogP contribution in [0.1, 0.15) is 56.6 Å². The predicted molar refractivity (Wildman–Crippen MR) is 89.6 cm³/mol. The van der Waals surface area contributed by atoms with Crippen LogP contribution >= 0.6 is 28.3 Å². The quantitative estimate of drug-likeness (QED) is 0.776. The normalized spacial score (nSPS) is 12.1. The van der Waals surface area contributed by atoms with Gasteiger partial charge in [0.05, 0.1) is 0 Å². The number of amides is 1. The Labute approximate surface area is 136 Å². The first-order chi connectivity index (χ1) is 8.99. The van der Waals surface area contributed by atoms with Crippen LogP contribution in [0, 0.1) is 0 Å². The number of rotatable bonds is 7. The third kappa shape index (κ3) is 5.46. The molecule has 1 unspecified atom stereocenters. The Morgan fingerprint density at radius 1 is 1.50 bits per heavy atom. The lowest BCUT2D eigenvalue weighted by Gasteiger charge is -2.18. The molecule has 0 fully saturated rings. The SMILES string of the molecule is CCCCC(CN)NC(=O)c1cc(Br)cn1C(C)C.Cl. The van der Waals surface area contributed by atoms with Gasteiger partial charge in [-0.05, 0) is 42.3 Å². The molecule has 0 aliphatic heterocycles. The van der Waals surface area contributed by atoms with E-state index >= 15 is 0 Å². The predicted octanol–water partition coefficient (Wildman–Crippen LogP) is 3.50. The molecule has 0 saturated carbocycles. The van der Waals surface area contributed by atoms with Gasteiger partial charge >= 0.3 is 0 Å². The Hall–Kier alpha value is -0.520. The number of halogens is 2. The molecule has 0 aliphatic rings. The van der Waals surface area contributed by atoms with Crippen LogP contribution in [0.3, 0.4) is 0 Å². The monoisotopic (exact) mass is 365 g/mol. The first-order valence-corrected chi connectivity index (χ1v) is 7.67. The smallest absolute Gasteiger partial charge is 0.268 e. The number of carbonyl (C=O) groups is 1. The summed E-state index contributed by atoms with van der Waals surface area (Å²) in [6.07, 6.45) is 5.06. The largest absolute Gasteiger partial charge is 0.347 e. The van der Waals surface area contributed by atoms with E-state index in [2.05, 4.69) is 42.0 Å².